The number of aromatic nitrogens is 1. The van der Waals surface area contributed by atoms with Crippen molar-refractivity contribution in [3.05, 3.63) is 120 Å². The highest BCUT2D eigenvalue weighted by molar-refractivity contribution is 6.00. The van der Waals surface area contributed by atoms with Crippen molar-refractivity contribution in [1.82, 2.24) is 9.47 Å². The second kappa shape index (κ2) is 10.1. The number of benzene rings is 3. The van der Waals surface area contributed by atoms with Gasteiger partial charge in [-0.3, -0.25) is 14.5 Å². The summed E-state index contributed by atoms with van der Waals surface area (Å²) in [6.07, 6.45) is 3.87. The molecule has 1 unspecified atom stereocenters. The molecule has 6 rings (SSSR count). The van der Waals surface area contributed by atoms with Gasteiger partial charge in [-0.15, -0.1) is 0 Å². The van der Waals surface area contributed by atoms with Gasteiger partial charge in [-0.05, 0) is 48.2 Å². The van der Waals surface area contributed by atoms with Crippen LogP contribution in [0.25, 0.3) is 5.69 Å². The van der Waals surface area contributed by atoms with E-state index in [2.05, 4.69) is 22.8 Å². The van der Waals surface area contributed by atoms with Gasteiger partial charge in [0, 0.05) is 12.2 Å². The lowest BCUT2D eigenvalue weighted by atomic mass is 9.97. The second-order valence-corrected chi connectivity index (χ2v) is 9.60. The molecule has 0 radical (unpaired) electrons. The van der Waals surface area contributed by atoms with Crippen molar-refractivity contribution in [2.75, 3.05) is 18.1 Å². The van der Waals surface area contributed by atoms with Crippen LogP contribution in [0.5, 0.6) is 0 Å². The Bertz CT molecular complexity index is 1400. The number of carbonyl (C=O) groups is 2. The van der Waals surface area contributed by atoms with Gasteiger partial charge < -0.3 is 14.2 Å². The molecule has 0 bridgehead atoms. The summed E-state index contributed by atoms with van der Waals surface area (Å²) in [5, 5.41) is 0. The van der Waals surface area contributed by atoms with Gasteiger partial charge >= 0.3 is 0 Å². The lowest BCUT2D eigenvalue weighted by molar-refractivity contribution is -0.140. The highest BCUT2D eigenvalue weighted by Gasteiger charge is 2.39. The summed E-state index contributed by atoms with van der Waals surface area (Å²) in [5.74, 6) is -0.242. The Morgan fingerprint density at radius 1 is 0.811 bits per heavy atom. The van der Waals surface area contributed by atoms with Crippen molar-refractivity contribution in [2.24, 2.45) is 0 Å². The molecule has 4 aromatic rings. The number of ether oxygens (including phenoxy) is 1. The molecule has 186 valence electrons. The number of hydrogen-bond donors (Lipinski definition) is 0. The summed E-state index contributed by atoms with van der Waals surface area (Å²) in [6, 6.07) is 31.7. The molecule has 3 aromatic carbocycles. The van der Waals surface area contributed by atoms with E-state index in [-0.39, 0.29) is 37.0 Å². The average molecular weight is 492 g/mol. The summed E-state index contributed by atoms with van der Waals surface area (Å²) in [4.78, 5) is 30.9. The Hall–Kier alpha value is -4.16. The Morgan fingerprint density at radius 3 is 2.22 bits per heavy atom. The molecule has 0 saturated heterocycles. The molecule has 0 spiro atoms. The molecule has 1 aromatic heterocycles. The minimum atomic E-state index is -0.288. The summed E-state index contributed by atoms with van der Waals surface area (Å²) in [7, 11) is 0. The Balaban J connectivity index is 1.27. The Kier molecular flexibility index (Phi) is 6.33. The van der Waals surface area contributed by atoms with Gasteiger partial charge in [-0.25, -0.2) is 0 Å². The molecule has 1 aliphatic carbocycles. The zero-order valence-corrected chi connectivity index (χ0v) is 20.6. The Labute approximate surface area is 216 Å². The molecule has 2 heterocycles. The van der Waals surface area contributed by atoms with E-state index in [1.54, 1.807) is 4.90 Å². The topological polar surface area (TPSA) is 54.8 Å². The average Bonchev–Trinajstić information content (AvgIpc) is 3.66. The number of fused-ring (bicyclic) bond motifs is 3. The van der Waals surface area contributed by atoms with E-state index < -0.39 is 0 Å². The highest BCUT2D eigenvalue weighted by atomic mass is 16.5. The number of para-hydroxylation sites is 2. The normalized spacial score (nSPS) is 16.1. The minimum absolute atomic E-state index is 0.0244. The van der Waals surface area contributed by atoms with Crippen molar-refractivity contribution in [1.29, 1.82) is 0 Å². The number of carbonyl (C=O) groups excluding carboxylic acids is 2. The number of nitrogens with zero attached hydrogens (tertiary/aromatic N) is 3. The van der Waals surface area contributed by atoms with Crippen LogP contribution in [0.15, 0.2) is 103 Å². The van der Waals surface area contributed by atoms with Gasteiger partial charge in [0.2, 0.25) is 11.8 Å². The van der Waals surface area contributed by atoms with E-state index in [1.807, 2.05) is 90.0 Å². The molecule has 2 aliphatic rings. The third kappa shape index (κ3) is 4.68. The fraction of sp³-hybridized carbons (Fsp3) is 0.226. The summed E-state index contributed by atoms with van der Waals surface area (Å²) < 4.78 is 7.88. The van der Waals surface area contributed by atoms with Crippen LogP contribution < -0.4 is 4.90 Å². The molecular weight excluding hydrogens is 462 g/mol. The smallest absolute Gasteiger partial charge is 0.249 e. The zero-order valence-electron chi connectivity index (χ0n) is 20.6. The molecule has 1 fully saturated rings. The molecule has 6 nitrogen and oxygen atoms in total. The largest absolute Gasteiger partial charge is 0.367 e. The van der Waals surface area contributed by atoms with Crippen LogP contribution in [0, 0.1) is 0 Å². The lowest BCUT2D eigenvalue weighted by Crippen LogP contribution is -2.48. The molecule has 1 aliphatic heterocycles. The first-order chi connectivity index (χ1) is 18.2. The quantitative estimate of drug-likeness (QED) is 0.344. The van der Waals surface area contributed by atoms with Crippen LogP contribution >= 0.6 is 0 Å². The third-order valence-corrected chi connectivity index (χ3v) is 7.05. The highest BCUT2D eigenvalue weighted by Crippen LogP contribution is 2.42. The second-order valence-electron chi connectivity index (χ2n) is 9.60. The first-order valence-corrected chi connectivity index (χ1v) is 12.8. The maximum absolute atomic E-state index is 14.1. The van der Waals surface area contributed by atoms with Crippen LogP contribution in [0.4, 0.5) is 5.69 Å². The van der Waals surface area contributed by atoms with Crippen molar-refractivity contribution >= 4 is 17.5 Å². The predicted octanol–water partition coefficient (Wildman–Crippen LogP) is 5.12. The number of amides is 2. The first-order valence-electron chi connectivity index (χ1n) is 12.8. The number of anilines is 1. The van der Waals surface area contributed by atoms with Gasteiger partial charge in [0.1, 0.15) is 19.2 Å². The first kappa shape index (κ1) is 23.3. The Morgan fingerprint density at radius 2 is 1.49 bits per heavy atom. The zero-order chi connectivity index (χ0) is 25.2. The van der Waals surface area contributed by atoms with E-state index >= 15 is 0 Å². The molecule has 1 saturated carbocycles. The molecular formula is C31H29N3O3. The summed E-state index contributed by atoms with van der Waals surface area (Å²) in [6.45, 7) is 0.350. The third-order valence-electron chi connectivity index (χ3n) is 7.05. The van der Waals surface area contributed by atoms with Crippen LogP contribution in [0.2, 0.25) is 0 Å². The van der Waals surface area contributed by atoms with E-state index in [9.17, 15) is 9.59 Å². The van der Waals surface area contributed by atoms with Crippen molar-refractivity contribution in [2.45, 2.75) is 31.5 Å². The van der Waals surface area contributed by atoms with E-state index in [0.717, 1.165) is 41.0 Å². The van der Waals surface area contributed by atoms with Crippen molar-refractivity contribution < 1.29 is 14.3 Å². The lowest BCUT2D eigenvalue weighted by Gasteiger charge is -2.39. The number of hydrogen-bond acceptors (Lipinski definition) is 3. The van der Waals surface area contributed by atoms with E-state index in [0.29, 0.717) is 6.61 Å². The van der Waals surface area contributed by atoms with Crippen LogP contribution in [0.3, 0.4) is 0 Å². The predicted molar refractivity (Wildman–Crippen MR) is 142 cm³/mol. The SMILES string of the molecule is O=C(COCc1ccccc1)N(CC(=O)N1c2ccccc2-n2cccc2C1c1ccccc1)C1CC1. The maximum Gasteiger partial charge on any atom is 0.249 e. The molecule has 0 N–H and O–H groups in total. The fourth-order valence-electron chi connectivity index (χ4n) is 5.16. The van der Waals surface area contributed by atoms with Gasteiger partial charge in [-0.2, -0.15) is 0 Å². The van der Waals surface area contributed by atoms with Crippen molar-refractivity contribution in [3.8, 4) is 5.69 Å². The molecule has 2 amide bonds. The van der Waals surface area contributed by atoms with Crippen LogP contribution in [-0.4, -0.2) is 40.5 Å². The van der Waals surface area contributed by atoms with Crippen LogP contribution in [-0.2, 0) is 20.9 Å². The molecule has 1 atom stereocenters. The standard InChI is InChI=1S/C31H29N3O3/c35-29(20-33(25-17-18-25)30(36)22-37-21-23-10-3-1-4-11-23)34-27-15-8-7-14-26(27)32-19-9-16-28(32)31(34)24-12-5-2-6-13-24/h1-16,19,25,31H,17-18,20-22H2. The minimum Gasteiger partial charge on any atom is -0.367 e. The van der Waals surface area contributed by atoms with Crippen molar-refractivity contribution in [3.63, 3.8) is 0 Å². The summed E-state index contributed by atoms with van der Waals surface area (Å²) in [5.41, 5.74) is 4.87. The van der Waals surface area contributed by atoms with Gasteiger partial charge in [0.15, 0.2) is 0 Å². The molecule has 37 heavy (non-hydrogen) atoms. The van der Waals surface area contributed by atoms with Gasteiger partial charge in [-0.1, -0.05) is 72.8 Å². The van der Waals surface area contributed by atoms with Gasteiger partial charge in [0.25, 0.3) is 0 Å². The van der Waals surface area contributed by atoms with E-state index in [4.69, 9.17) is 4.74 Å². The van der Waals surface area contributed by atoms with Gasteiger partial charge in [0.05, 0.1) is 23.7 Å². The monoisotopic (exact) mass is 491 g/mol. The fourth-order valence-corrected chi connectivity index (χ4v) is 5.16. The summed E-state index contributed by atoms with van der Waals surface area (Å²) >= 11 is 0. The molecule has 6 heteroatoms. The van der Waals surface area contributed by atoms with E-state index in [1.165, 1.54) is 0 Å². The van der Waals surface area contributed by atoms with Crippen LogP contribution in [0.1, 0.15) is 35.7 Å². The number of rotatable bonds is 8. The maximum atomic E-state index is 14.1.